The highest BCUT2D eigenvalue weighted by Gasteiger charge is 2.36. The zero-order valence-corrected chi connectivity index (χ0v) is 20.6. The number of amides is 3. The van der Waals surface area contributed by atoms with E-state index < -0.39 is 17.1 Å². The van der Waals surface area contributed by atoms with Crippen molar-refractivity contribution in [2.75, 3.05) is 11.9 Å². The minimum atomic E-state index is -0.505. The lowest BCUT2D eigenvalue weighted by atomic mass is 10.1. The zero-order chi connectivity index (χ0) is 21.3. The molecule has 1 aliphatic heterocycles. The molecule has 1 aliphatic rings. The maximum absolute atomic E-state index is 12.6. The van der Waals surface area contributed by atoms with E-state index in [1.54, 1.807) is 24.3 Å². The molecule has 2 N–H and O–H groups in total. The maximum atomic E-state index is 12.6. The molecule has 2 aromatic rings. The fourth-order valence-electron chi connectivity index (χ4n) is 2.68. The number of imide groups is 1. The van der Waals surface area contributed by atoms with Gasteiger partial charge in [-0.15, -0.1) is 0 Å². The molecule has 1 saturated heterocycles. The van der Waals surface area contributed by atoms with Crippen molar-refractivity contribution < 1.29 is 19.5 Å². The van der Waals surface area contributed by atoms with Crippen LogP contribution in [0.2, 0.25) is 0 Å². The molecule has 1 fully saturated rings. The quantitative estimate of drug-likeness (QED) is 0.370. The predicted octanol–water partition coefficient (Wildman–Crippen LogP) is 4.89. The van der Waals surface area contributed by atoms with Crippen LogP contribution in [0.5, 0.6) is 5.75 Å². The van der Waals surface area contributed by atoms with Crippen LogP contribution in [0.3, 0.4) is 0 Å². The van der Waals surface area contributed by atoms with Crippen molar-refractivity contribution in [1.82, 2.24) is 4.90 Å². The van der Waals surface area contributed by atoms with Crippen molar-refractivity contribution >= 4 is 85.8 Å². The first kappa shape index (κ1) is 22.1. The summed E-state index contributed by atoms with van der Waals surface area (Å²) in [5.41, 5.74) is 3.33. The van der Waals surface area contributed by atoms with Gasteiger partial charge in [0.25, 0.3) is 11.1 Å². The highest BCUT2D eigenvalue weighted by atomic mass is 127. The number of halogens is 2. The number of hydrogen-bond donors (Lipinski definition) is 2. The molecule has 29 heavy (non-hydrogen) atoms. The Morgan fingerprint density at radius 2 is 1.86 bits per heavy atom. The third-order valence-corrected chi connectivity index (χ3v) is 6.94. The monoisotopic (exact) mass is 634 g/mol. The number of carbonyl (C=O) groups excluding carboxylic acids is 3. The van der Waals surface area contributed by atoms with Crippen molar-refractivity contribution in [2.45, 2.75) is 13.8 Å². The van der Waals surface area contributed by atoms with Crippen LogP contribution in [0.4, 0.5) is 10.5 Å². The van der Waals surface area contributed by atoms with Crippen LogP contribution in [0, 0.1) is 21.0 Å². The maximum Gasteiger partial charge on any atom is 0.294 e. The van der Waals surface area contributed by atoms with Gasteiger partial charge in [0.1, 0.15) is 12.3 Å². The third-order valence-electron chi connectivity index (χ3n) is 4.39. The van der Waals surface area contributed by atoms with Gasteiger partial charge in [-0.25, -0.2) is 0 Å². The van der Waals surface area contributed by atoms with Gasteiger partial charge in [-0.05, 0) is 112 Å². The average Bonchev–Trinajstić information content (AvgIpc) is 2.91. The molecule has 2 aromatic carbocycles. The lowest BCUT2D eigenvalue weighted by Gasteiger charge is -2.14. The Hall–Kier alpha value is -1.60. The van der Waals surface area contributed by atoms with E-state index in [4.69, 9.17) is 0 Å². The van der Waals surface area contributed by atoms with Crippen LogP contribution in [-0.2, 0) is 9.59 Å². The second kappa shape index (κ2) is 9.04. The molecule has 0 spiro atoms. The van der Waals surface area contributed by atoms with E-state index in [9.17, 15) is 19.5 Å². The number of phenolic OH excluding ortho intramolecular Hbond substituents is 1. The Morgan fingerprint density at radius 3 is 2.52 bits per heavy atom. The van der Waals surface area contributed by atoms with E-state index in [0.29, 0.717) is 18.4 Å². The molecule has 0 aliphatic carbocycles. The van der Waals surface area contributed by atoms with Gasteiger partial charge >= 0.3 is 0 Å². The lowest BCUT2D eigenvalue weighted by Crippen LogP contribution is -2.36. The highest BCUT2D eigenvalue weighted by Crippen LogP contribution is 2.34. The molecule has 1 heterocycles. The molecule has 150 valence electrons. The fourth-order valence-corrected chi connectivity index (χ4v) is 5.33. The van der Waals surface area contributed by atoms with Gasteiger partial charge < -0.3 is 10.4 Å². The number of nitrogens with one attached hydrogen (secondary N) is 1. The van der Waals surface area contributed by atoms with Gasteiger partial charge in [-0.2, -0.15) is 0 Å². The molecule has 6 nitrogen and oxygen atoms in total. The molecule has 9 heteroatoms. The van der Waals surface area contributed by atoms with Crippen molar-refractivity contribution in [3.8, 4) is 5.75 Å². The van der Waals surface area contributed by atoms with Crippen molar-refractivity contribution in [1.29, 1.82) is 0 Å². The Morgan fingerprint density at radius 1 is 1.21 bits per heavy atom. The summed E-state index contributed by atoms with van der Waals surface area (Å²) >= 11 is 4.80. The number of aromatic hydroxyl groups is 1. The first-order chi connectivity index (χ1) is 13.7. The van der Waals surface area contributed by atoms with Gasteiger partial charge in [-0.3, -0.25) is 19.3 Å². The van der Waals surface area contributed by atoms with E-state index in [1.165, 1.54) is 0 Å². The Kier molecular flexibility index (Phi) is 6.89. The summed E-state index contributed by atoms with van der Waals surface area (Å²) in [5.74, 6) is -0.759. The Labute approximate surface area is 199 Å². The summed E-state index contributed by atoms with van der Waals surface area (Å²) in [6, 6.07) is 9.00. The fraction of sp³-hybridized carbons (Fsp3) is 0.150. The minimum Gasteiger partial charge on any atom is -0.506 e. The average molecular weight is 634 g/mol. The van der Waals surface area contributed by atoms with E-state index in [1.807, 2.05) is 71.2 Å². The van der Waals surface area contributed by atoms with Crippen LogP contribution in [0.15, 0.2) is 35.2 Å². The number of anilines is 1. The van der Waals surface area contributed by atoms with Crippen LogP contribution in [0.25, 0.3) is 6.08 Å². The van der Waals surface area contributed by atoms with Gasteiger partial charge in [-0.1, -0.05) is 12.1 Å². The van der Waals surface area contributed by atoms with Gasteiger partial charge in [0.05, 0.1) is 12.0 Å². The number of thioether (sulfide) groups is 1. The third kappa shape index (κ3) is 4.94. The molecule has 0 radical (unpaired) electrons. The number of aryl methyl sites for hydroxylation is 1. The Balaban J connectivity index is 1.75. The first-order valence-electron chi connectivity index (χ1n) is 8.47. The summed E-state index contributed by atoms with van der Waals surface area (Å²) in [6.45, 7) is 3.49. The summed E-state index contributed by atoms with van der Waals surface area (Å²) in [7, 11) is 0. The SMILES string of the molecule is Cc1cccc(NC(=O)CN2C(=O)S/C(=C/c3cc(I)c(O)c(I)c3)C2=O)c1C. The standard InChI is InChI=1S/C20H16I2N2O4S/c1-10-4-3-5-15(11(10)2)23-17(25)9-24-19(27)16(29-20(24)28)8-12-6-13(21)18(26)14(22)7-12/h3-8,26H,9H2,1-2H3,(H,23,25)/b16-8+. The van der Waals surface area contributed by atoms with E-state index in [2.05, 4.69) is 5.32 Å². The normalized spacial score (nSPS) is 15.3. The van der Waals surface area contributed by atoms with Crippen molar-refractivity contribution in [3.05, 3.63) is 59.1 Å². The second-order valence-corrected chi connectivity index (χ2v) is 9.71. The lowest BCUT2D eigenvalue weighted by molar-refractivity contribution is -0.127. The van der Waals surface area contributed by atoms with Crippen molar-refractivity contribution in [2.24, 2.45) is 0 Å². The molecule has 0 unspecified atom stereocenters. The van der Waals surface area contributed by atoms with Gasteiger partial charge in [0.2, 0.25) is 5.91 Å². The molecule has 0 saturated carbocycles. The summed E-state index contributed by atoms with van der Waals surface area (Å²) in [6.07, 6.45) is 1.59. The summed E-state index contributed by atoms with van der Waals surface area (Å²) in [5, 5.41) is 12.1. The number of nitrogens with zero attached hydrogens (tertiary/aromatic N) is 1. The van der Waals surface area contributed by atoms with E-state index in [-0.39, 0.29) is 17.2 Å². The smallest absolute Gasteiger partial charge is 0.294 e. The molecular weight excluding hydrogens is 618 g/mol. The molecule has 0 aromatic heterocycles. The first-order valence-corrected chi connectivity index (χ1v) is 11.4. The van der Waals surface area contributed by atoms with Crippen molar-refractivity contribution in [3.63, 3.8) is 0 Å². The van der Waals surface area contributed by atoms with Crippen LogP contribution >= 0.6 is 56.9 Å². The van der Waals surface area contributed by atoms with E-state index >= 15 is 0 Å². The van der Waals surface area contributed by atoms with Crippen LogP contribution in [-0.4, -0.2) is 33.6 Å². The van der Waals surface area contributed by atoms with Gasteiger partial charge in [0, 0.05) is 5.69 Å². The van der Waals surface area contributed by atoms with Gasteiger partial charge in [0.15, 0.2) is 0 Å². The topological polar surface area (TPSA) is 86.7 Å². The molecule has 0 bridgehead atoms. The highest BCUT2D eigenvalue weighted by molar-refractivity contribution is 14.1. The number of phenols is 1. The number of hydrogen-bond acceptors (Lipinski definition) is 5. The zero-order valence-electron chi connectivity index (χ0n) is 15.5. The van der Waals surface area contributed by atoms with Crippen LogP contribution in [0.1, 0.15) is 16.7 Å². The molecule has 0 atom stereocenters. The molecular formula is C20H16I2N2O4S. The Bertz CT molecular complexity index is 1050. The number of benzene rings is 2. The molecule has 3 amide bonds. The largest absolute Gasteiger partial charge is 0.506 e. The number of rotatable bonds is 4. The molecule has 3 rings (SSSR count). The number of carbonyl (C=O) groups is 3. The minimum absolute atomic E-state index is 0.180. The van der Waals surface area contributed by atoms with Crippen LogP contribution < -0.4 is 5.32 Å². The second-order valence-electron chi connectivity index (χ2n) is 6.40. The summed E-state index contributed by atoms with van der Waals surface area (Å²) in [4.78, 5) is 38.5. The predicted molar refractivity (Wildman–Crippen MR) is 131 cm³/mol. The summed E-state index contributed by atoms with van der Waals surface area (Å²) < 4.78 is 1.29. The van der Waals surface area contributed by atoms with E-state index in [0.717, 1.165) is 27.8 Å².